The summed E-state index contributed by atoms with van der Waals surface area (Å²) in [6.07, 6.45) is 0. The molecule has 0 radical (unpaired) electrons. The summed E-state index contributed by atoms with van der Waals surface area (Å²) in [4.78, 5) is 29.9. The topological polar surface area (TPSA) is 64.0 Å². The first kappa shape index (κ1) is 16.8. The highest BCUT2D eigenvalue weighted by molar-refractivity contribution is 7.25. The summed E-state index contributed by atoms with van der Waals surface area (Å²) < 4.78 is 2.95. The number of amides is 1. The average molecular weight is 384 g/mol. The first-order valence-corrected chi connectivity index (χ1v) is 9.17. The van der Waals surface area contributed by atoms with Gasteiger partial charge in [0.2, 0.25) is 5.91 Å². The summed E-state index contributed by atoms with van der Waals surface area (Å²) in [7, 11) is 0. The van der Waals surface area contributed by atoms with Gasteiger partial charge in [-0.25, -0.2) is 4.98 Å². The van der Waals surface area contributed by atoms with Crippen LogP contribution in [0.4, 0.5) is 5.69 Å². The molecule has 4 rings (SSSR count). The van der Waals surface area contributed by atoms with Crippen molar-refractivity contribution >= 4 is 54.8 Å². The third kappa shape index (κ3) is 2.87. The number of para-hydroxylation sites is 1. The molecule has 1 amide bonds. The van der Waals surface area contributed by atoms with Crippen LogP contribution >= 0.6 is 22.9 Å². The minimum absolute atomic E-state index is 0.118. The number of fused-ring (bicyclic) bond motifs is 3. The molecule has 5 nitrogen and oxygen atoms in total. The normalized spacial score (nSPS) is 11.2. The number of nitrogens with zero attached hydrogens (tertiary/aromatic N) is 2. The van der Waals surface area contributed by atoms with E-state index in [-0.39, 0.29) is 18.0 Å². The van der Waals surface area contributed by atoms with Gasteiger partial charge in [0.25, 0.3) is 5.56 Å². The molecule has 2 aromatic heterocycles. The van der Waals surface area contributed by atoms with Gasteiger partial charge in [0.15, 0.2) is 0 Å². The maximum atomic E-state index is 12.9. The fraction of sp³-hybridized carbons (Fsp3) is 0.105. The van der Waals surface area contributed by atoms with E-state index >= 15 is 0 Å². The number of aryl methyl sites for hydroxylation is 1. The Hall–Kier alpha value is -2.70. The summed E-state index contributed by atoms with van der Waals surface area (Å²) in [6.45, 7) is 1.61. The van der Waals surface area contributed by atoms with E-state index in [1.165, 1.54) is 15.9 Å². The molecule has 4 aromatic rings. The van der Waals surface area contributed by atoms with Gasteiger partial charge < -0.3 is 5.32 Å². The van der Waals surface area contributed by atoms with Gasteiger partial charge in [-0.1, -0.05) is 41.9 Å². The third-order valence-electron chi connectivity index (χ3n) is 4.12. The van der Waals surface area contributed by atoms with Crippen LogP contribution in [0.2, 0.25) is 5.02 Å². The largest absolute Gasteiger partial charge is 0.323 e. The van der Waals surface area contributed by atoms with Crippen LogP contribution in [-0.2, 0) is 11.3 Å². The Morgan fingerprint density at radius 2 is 1.92 bits per heavy atom. The first-order chi connectivity index (χ1) is 12.5. The minimum atomic E-state index is -0.328. The zero-order valence-electron chi connectivity index (χ0n) is 13.8. The van der Waals surface area contributed by atoms with Crippen molar-refractivity contribution in [1.29, 1.82) is 0 Å². The fourth-order valence-corrected chi connectivity index (χ4v) is 4.14. The molecule has 2 heterocycles. The van der Waals surface area contributed by atoms with Gasteiger partial charge in [0.1, 0.15) is 17.1 Å². The molecule has 0 saturated carbocycles. The van der Waals surface area contributed by atoms with Gasteiger partial charge in [-0.15, -0.1) is 11.3 Å². The molecule has 0 atom stereocenters. The molecule has 0 aliphatic carbocycles. The average Bonchev–Trinajstić information content (AvgIpc) is 2.99. The second-order valence-corrected chi connectivity index (χ2v) is 7.31. The van der Waals surface area contributed by atoms with Crippen molar-refractivity contribution in [3.05, 3.63) is 69.7 Å². The van der Waals surface area contributed by atoms with Crippen molar-refractivity contribution in [2.24, 2.45) is 0 Å². The molecule has 0 fully saturated rings. The molecule has 0 aliphatic rings. The highest BCUT2D eigenvalue weighted by Crippen LogP contribution is 2.30. The smallest absolute Gasteiger partial charge is 0.272 e. The van der Waals surface area contributed by atoms with E-state index < -0.39 is 0 Å². The third-order valence-corrected chi connectivity index (χ3v) is 5.60. The van der Waals surface area contributed by atoms with E-state index in [2.05, 4.69) is 10.3 Å². The highest BCUT2D eigenvalue weighted by Gasteiger charge is 2.16. The summed E-state index contributed by atoms with van der Waals surface area (Å²) in [6, 6.07) is 14.7. The number of nitrogens with one attached hydrogen (secondary N) is 1. The molecule has 0 bridgehead atoms. The van der Waals surface area contributed by atoms with Crippen molar-refractivity contribution in [1.82, 2.24) is 9.55 Å². The van der Waals surface area contributed by atoms with Gasteiger partial charge in [-0.05, 0) is 25.1 Å². The molecule has 0 saturated heterocycles. The van der Waals surface area contributed by atoms with Crippen molar-refractivity contribution in [3.63, 3.8) is 0 Å². The lowest BCUT2D eigenvalue weighted by Crippen LogP contribution is -2.29. The number of aromatic nitrogens is 2. The zero-order chi connectivity index (χ0) is 18.3. The molecule has 1 N–H and O–H groups in total. The van der Waals surface area contributed by atoms with Crippen molar-refractivity contribution in [2.75, 3.05) is 5.32 Å². The summed E-state index contributed by atoms with van der Waals surface area (Å²) >= 11 is 7.46. The predicted molar refractivity (Wildman–Crippen MR) is 106 cm³/mol. The van der Waals surface area contributed by atoms with Gasteiger partial charge in [0.05, 0.1) is 16.2 Å². The number of hydrogen-bond acceptors (Lipinski definition) is 4. The highest BCUT2D eigenvalue weighted by atomic mass is 35.5. The molecule has 26 heavy (non-hydrogen) atoms. The van der Waals surface area contributed by atoms with Crippen LogP contribution in [0.15, 0.2) is 53.3 Å². The van der Waals surface area contributed by atoms with Gasteiger partial charge in [0, 0.05) is 10.1 Å². The van der Waals surface area contributed by atoms with E-state index in [9.17, 15) is 9.59 Å². The van der Waals surface area contributed by atoms with Gasteiger partial charge in [-0.2, -0.15) is 0 Å². The molecule has 0 spiro atoms. The van der Waals surface area contributed by atoms with Crippen LogP contribution in [0.25, 0.3) is 20.3 Å². The van der Waals surface area contributed by atoms with Gasteiger partial charge in [-0.3, -0.25) is 14.2 Å². The lowest BCUT2D eigenvalue weighted by molar-refractivity contribution is -0.116. The monoisotopic (exact) mass is 383 g/mol. The van der Waals surface area contributed by atoms with Gasteiger partial charge >= 0.3 is 0 Å². The van der Waals surface area contributed by atoms with E-state index in [0.717, 1.165) is 10.1 Å². The second-order valence-electron chi connectivity index (χ2n) is 5.85. The standard InChI is InChI=1S/C19H14ClN3O2S/c1-11-21-17-12-6-2-5-9-15(12)26-18(17)19(25)23(11)10-16(24)22-14-8-4-3-7-13(14)20/h2-9H,10H2,1H3,(H,22,24). The Morgan fingerprint density at radius 3 is 2.73 bits per heavy atom. The molecular formula is C19H14ClN3O2S. The number of halogens is 1. The molecule has 7 heteroatoms. The van der Waals surface area contributed by atoms with Crippen LogP contribution in [0.5, 0.6) is 0 Å². The van der Waals surface area contributed by atoms with Crippen LogP contribution in [-0.4, -0.2) is 15.5 Å². The number of thiophene rings is 1. The van der Waals surface area contributed by atoms with Crippen LogP contribution < -0.4 is 10.9 Å². The van der Waals surface area contributed by atoms with Crippen molar-refractivity contribution < 1.29 is 4.79 Å². The Morgan fingerprint density at radius 1 is 1.19 bits per heavy atom. The first-order valence-electron chi connectivity index (χ1n) is 7.97. The maximum Gasteiger partial charge on any atom is 0.272 e. The predicted octanol–water partition coefficient (Wildman–Crippen LogP) is 4.21. The Bertz CT molecular complexity index is 1210. The van der Waals surface area contributed by atoms with E-state index in [1.54, 1.807) is 31.2 Å². The summed E-state index contributed by atoms with van der Waals surface area (Å²) in [5.74, 6) is 0.172. The molecule has 0 aliphatic heterocycles. The molecule has 0 unspecified atom stereocenters. The number of carbonyl (C=O) groups excluding carboxylic acids is 1. The minimum Gasteiger partial charge on any atom is -0.323 e. The van der Waals surface area contributed by atoms with E-state index in [0.29, 0.717) is 26.8 Å². The Labute approximate surface area is 157 Å². The van der Waals surface area contributed by atoms with E-state index in [4.69, 9.17) is 11.6 Å². The van der Waals surface area contributed by atoms with E-state index in [1.807, 2.05) is 24.3 Å². The number of benzene rings is 2. The van der Waals surface area contributed by atoms with Crippen LogP contribution in [0, 0.1) is 6.92 Å². The number of hydrogen-bond donors (Lipinski definition) is 1. The molecule has 2 aromatic carbocycles. The van der Waals surface area contributed by atoms with Crippen LogP contribution in [0.1, 0.15) is 5.82 Å². The Kier molecular flexibility index (Phi) is 4.22. The van der Waals surface area contributed by atoms with Crippen molar-refractivity contribution in [3.8, 4) is 0 Å². The maximum absolute atomic E-state index is 12.9. The number of carbonyl (C=O) groups is 1. The summed E-state index contributed by atoms with van der Waals surface area (Å²) in [5, 5.41) is 4.14. The lowest BCUT2D eigenvalue weighted by Gasteiger charge is -2.11. The van der Waals surface area contributed by atoms with Crippen LogP contribution in [0.3, 0.4) is 0 Å². The van der Waals surface area contributed by atoms with Crippen molar-refractivity contribution in [2.45, 2.75) is 13.5 Å². The lowest BCUT2D eigenvalue weighted by atomic mass is 10.2. The zero-order valence-corrected chi connectivity index (χ0v) is 15.4. The molecular weight excluding hydrogens is 370 g/mol. The fourth-order valence-electron chi connectivity index (χ4n) is 2.86. The quantitative estimate of drug-likeness (QED) is 0.576. The Balaban J connectivity index is 1.72. The SMILES string of the molecule is Cc1nc2c(sc3ccccc32)c(=O)n1CC(=O)Nc1ccccc1Cl. The number of anilines is 1. The number of rotatable bonds is 3. The molecule has 130 valence electrons. The second kappa shape index (κ2) is 6.55. The summed E-state index contributed by atoms with van der Waals surface area (Å²) in [5.41, 5.74) is 1.000.